The number of anilines is 3. The van der Waals surface area contributed by atoms with Crippen LogP contribution < -0.4 is 15.5 Å². The molecule has 2 N–H and O–H groups in total. The van der Waals surface area contributed by atoms with Crippen molar-refractivity contribution in [3.63, 3.8) is 0 Å². The van der Waals surface area contributed by atoms with Gasteiger partial charge in [0.05, 0.1) is 38.2 Å². The zero-order valence-corrected chi connectivity index (χ0v) is 12.4. The molecule has 1 saturated heterocycles. The van der Waals surface area contributed by atoms with Crippen LogP contribution in [0.15, 0.2) is 6.33 Å². The molecule has 1 aliphatic heterocycles. The summed E-state index contributed by atoms with van der Waals surface area (Å²) in [6.07, 6.45) is 2.17. The lowest BCUT2D eigenvalue weighted by Crippen LogP contribution is -2.37. The van der Waals surface area contributed by atoms with Gasteiger partial charge in [-0.1, -0.05) is 0 Å². The van der Waals surface area contributed by atoms with E-state index in [-0.39, 0.29) is 0 Å². The molecule has 0 atom stereocenters. The van der Waals surface area contributed by atoms with Crippen molar-refractivity contribution in [2.45, 2.75) is 12.8 Å². The second-order valence-corrected chi connectivity index (χ2v) is 4.84. The Morgan fingerprint density at radius 1 is 1.18 bits per heavy atom. The number of nitriles is 2. The summed E-state index contributed by atoms with van der Waals surface area (Å²) in [4.78, 5) is 12.5. The van der Waals surface area contributed by atoms with E-state index in [9.17, 15) is 0 Å². The lowest BCUT2D eigenvalue weighted by molar-refractivity contribution is 0.122. The van der Waals surface area contributed by atoms with Gasteiger partial charge in [-0.15, -0.1) is 0 Å². The topological polar surface area (TPSA) is 115 Å². The van der Waals surface area contributed by atoms with Gasteiger partial charge >= 0.3 is 0 Å². The second-order valence-electron chi connectivity index (χ2n) is 4.84. The minimum absolute atomic E-state index is 0.349. The maximum Gasteiger partial charge on any atom is 0.157 e. The van der Waals surface area contributed by atoms with Gasteiger partial charge in [-0.25, -0.2) is 9.97 Å². The van der Waals surface area contributed by atoms with Crippen molar-refractivity contribution < 1.29 is 4.74 Å². The minimum atomic E-state index is 0.349. The van der Waals surface area contributed by atoms with E-state index in [0.717, 1.165) is 13.1 Å². The lowest BCUT2D eigenvalue weighted by atomic mass is 10.3. The molecule has 22 heavy (non-hydrogen) atoms. The van der Waals surface area contributed by atoms with Crippen LogP contribution in [0, 0.1) is 22.7 Å². The molecule has 0 amide bonds. The Kier molecular flexibility index (Phi) is 5.75. The second kappa shape index (κ2) is 8.01. The molecule has 0 spiro atoms. The first-order valence-electron chi connectivity index (χ1n) is 7.20. The van der Waals surface area contributed by atoms with Crippen LogP contribution in [-0.4, -0.2) is 49.4 Å². The van der Waals surface area contributed by atoms with E-state index in [1.807, 2.05) is 4.90 Å². The summed E-state index contributed by atoms with van der Waals surface area (Å²) in [5, 5.41) is 17.6. The van der Waals surface area contributed by atoms with Crippen molar-refractivity contribution in [1.82, 2.24) is 9.97 Å². The highest BCUT2D eigenvalue weighted by Crippen LogP contribution is 2.29. The number of hydrogen-bond acceptors (Lipinski definition) is 8. The molecule has 0 bridgehead atoms. The Morgan fingerprint density at radius 3 is 2.41 bits per heavy atom. The third kappa shape index (κ3) is 3.74. The smallest absolute Gasteiger partial charge is 0.157 e. The highest BCUT2D eigenvalue weighted by Gasteiger charge is 2.20. The molecule has 1 fully saturated rings. The molecule has 1 aromatic heterocycles. The summed E-state index contributed by atoms with van der Waals surface area (Å²) in [7, 11) is 0. The van der Waals surface area contributed by atoms with Crippen LogP contribution in [0.4, 0.5) is 17.3 Å². The van der Waals surface area contributed by atoms with Crippen LogP contribution in [0.25, 0.3) is 0 Å². The van der Waals surface area contributed by atoms with E-state index in [4.69, 9.17) is 21.0 Å². The number of nitrogen functional groups attached to an aromatic ring is 1. The van der Waals surface area contributed by atoms with Crippen molar-refractivity contribution in [3.05, 3.63) is 6.33 Å². The highest BCUT2D eigenvalue weighted by molar-refractivity contribution is 5.75. The number of nitrogens with zero attached hydrogens (tertiary/aromatic N) is 6. The van der Waals surface area contributed by atoms with Gasteiger partial charge in [0.25, 0.3) is 0 Å². The number of morpholine rings is 1. The fourth-order valence-corrected chi connectivity index (χ4v) is 2.35. The predicted molar refractivity (Wildman–Crippen MR) is 82.1 cm³/mol. The van der Waals surface area contributed by atoms with Crippen molar-refractivity contribution in [3.8, 4) is 12.1 Å². The lowest BCUT2D eigenvalue weighted by Gasteiger charge is -2.30. The van der Waals surface area contributed by atoms with Gasteiger partial charge in [0, 0.05) is 26.2 Å². The van der Waals surface area contributed by atoms with E-state index < -0.39 is 0 Å². The first kappa shape index (κ1) is 15.8. The molecule has 8 heteroatoms. The molecule has 2 rings (SSSR count). The van der Waals surface area contributed by atoms with Gasteiger partial charge in [-0.3, -0.25) is 0 Å². The average Bonchev–Trinajstić information content (AvgIpc) is 2.56. The average molecular weight is 301 g/mol. The van der Waals surface area contributed by atoms with E-state index in [1.54, 1.807) is 0 Å². The molecule has 0 aliphatic carbocycles. The van der Waals surface area contributed by atoms with Crippen LogP contribution in [-0.2, 0) is 4.74 Å². The summed E-state index contributed by atoms with van der Waals surface area (Å²) < 4.78 is 5.34. The van der Waals surface area contributed by atoms with Gasteiger partial charge in [0.15, 0.2) is 11.6 Å². The molecule has 1 aromatic rings. The number of hydrogen-bond donors (Lipinski definition) is 1. The zero-order valence-electron chi connectivity index (χ0n) is 12.4. The molecule has 0 unspecified atom stereocenters. The van der Waals surface area contributed by atoms with Crippen molar-refractivity contribution in [2.24, 2.45) is 0 Å². The first-order valence-corrected chi connectivity index (χ1v) is 7.20. The van der Waals surface area contributed by atoms with Gasteiger partial charge in [-0.2, -0.15) is 10.5 Å². The number of rotatable bonds is 6. The third-order valence-corrected chi connectivity index (χ3v) is 3.44. The summed E-state index contributed by atoms with van der Waals surface area (Å²) in [6.45, 7) is 3.73. The van der Waals surface area contributed by atoms with E-state index in [0.29, 0.717) is 56.5 Å². The number of ether oxygens (including phenoxy) is 1. The van der Waals surface area contributed by atoms with Gasteiger partial charge < -0.3 is 20.3 Å². The monoisotopic (exact) mass is 301 g/mol. The quantitative estimate of drug-likeness (QED) is 0.809. The Labute approximate surface area is 129 Å². The van der Waals surface area contributed by atoms with E-state index >= 15 is 0 Å². The van der Waals surface area contributed by atoms with Crippen LogP contribution in [0.5, 0.6) is 0 Å². The Balaban J connectivity index is 2.24. The summed E-state index contributed by atoms with van der Waals surface area (Å²) in [5.41, 5.74) is 6.73. The highest BCUT2D eigenvalue weighted by atomic mass is 16.5. The van der Waals surface area contributed by atoms with Crippen molar-refractivity contribution >= 4 is 17.3 Å². The molecule has 2 heterocycles. The summed E-state index contributed by atoms with van der Waals surface area (Å²) in [6, 6.07) is 4.21. The molecular formula is C14H19N7O. The maximum atomic E-state index is 8.79. The number of aromatic nitrogens is 2. The first-order chi connectivity index (χ1) is 10.8. The molecule has 0 aromatic carbocycles. The zero-order chi connectivity index (χ0) is 15.8. The van der Waals surface area contributed by atoms with Crippen LogP contribution in [0.1, 0.15) is 12.8 Å². The molecule has 116 valence electrons. The Morgan fingerprint density at radius 2 is 1.82 bits per heavy atom. The fourth-order valence-electron chi connectivity index (χ4n) is 2.35. The molecule has 8 nitrogen and oxygen atoms in total. The molecule has 0 radical (unpaired) electrons. The standard InChI is InChI=1S/C14H19N7O/c15-3-1-5-20(6-2-4-16)13-12(17)14(19-11-18-13)21-7-9-22-10-8-21/h11H,1-2,5-10,17H2. The molecule has 1 aliphatic rings. The van der Waals surface area contributed by atoms with Gasteiger partial charge in [0.1, 0.15) is 12.0 Å². The Hall–Kier alpha value is -2.58. The number of nitrogens with two attached hydrogens (primary N) is 1. The molecular weight excluding hydrogens is 282 g/mol. The largest absolute Gasteiger partial charge is 0.393 e. The Bertz CT molecular complexity index is 554. The van der Waals surface area contributed by atoms with Crippen LogP contribution in [0.3, 0.4) is 0 Å². The molecule has 0 saturated carbocycles. The van der Waals surface area contributed by atoms with Crippen LogP contribution >= 0.6 is 0 Å². The maximum absolute atomic E-state index is 8.79. The van der Waals surface area contributed by atoms with E-state index in [2.05, 4.69) is 27.0 Å². The SMILES string of the molecule is N#CCCN(CCC#N)c1ncnc(N2CCOCC2)c1N. The summed E-state index contributed by atoms with van der Waals surface area (Å²) in [5.74, 6) is 1.27. The summed E-state index contributed by atoms with van der Waals surface area (Å²) >= 11 is 0. The van der Waals surface area contributed by atoms with Gasteiger partial charge in [0.2, 0.25) is 0 Å². The predicted octanol–water partition coefficient (Wildman–Crippen LogP) is 0.529. The third-order valence-electron chi connectivity index (χ3n) is 3.44. The van der Waals surface area contributed by atoms with E-state index in [1.165, 1.54) is 6.33 Å². The van der Waals surface area contributed by atoms with Crippen LogP contribution in [0.2, 0.25) is 0 Å². The van der Waals surface area contributed by atoms with Gasteiger partial charge in [-0.05, 0) is 0 Å². The minimum Gasteiger partial charge on any atom is -0.393 e. The van der Waals surface area contributed by atoms with Crippen molar-refractivity contribution in [2.75, 3.05) is 54.9 Å². The fraction of sp³-hybridized carbons (Fsp3) is 0.571. The van der Waals surface area contributed by atoms with Crippen molar-refractivity contribution in [1.29, 1.82) is 10.5 Å². The normalized spacial score (nSPS) is 14.2.